The summed E-state index contributed by atoms with van der Waals surface area (Å²) in [5.41, 5.74) is 3.31. The molecule has 2 saturated heterocycles. The summed E-state index contributed by atoms with van der Waals surface area (Å²) in [6.45, 7) is 7.27. The number of benzene rings is 2. The maximum absolute atomic E-state index is 14.8. The number of nitrogens with zero attached hydrogens (tertiary/aromatic N) is 4. The van der Waals surface area contributed by atoms with E-state index in [1.807, 2.05) is 19.1 Å². The Morgan fingerprint density at radius 3 is 2.60 bits per heavy atom. The molecule has 2 fully saturated rings. The number of piperidine rings is 1. The van der Waals surface area contributed by atoms with E-state index in [0.29, 0.717) is 40.9 Å². The summed E-state index contributed by atoms with van der Waals surface area (Å²) in [4.78, 5) is 22.8. The molecule has 45 heavy (non-hydrogen) atoms. The molecule has 1 N–H and O–H groups in total. The van der Waals surface area contributed by atoms with Crippen molar-refractivity contribution in [1.82, 2.24) is 19.4 Å². The van der Waals surface area contributed by atoms with Gasteiger partial charge >= 0.3 is 30.7 Å². The molecule has 0 saturated carbocycles. The first-order chi connectivity index (χ1) is 21.2. The Balaban J connectivity index is 0.00000357. The van der Waals surface area contributed by atoms with Crippen LogP contribution in [0.5, 0.6) is 11.5 Å². The van der Waals surface area contributed by atoms with Crippen LogP contribution in [-0.2, 0) is 23.6 Å². The number of carbonyl (C=O) groups is 1. The van der Waals surface area contributed by atoms with E-state index in [1.165, 1.54) is 12.3 Å². The van der Waals surface area contributed by atoms with E-state index in [1.54, 1.807) is 19.1 Å². The molecular formula is C32H33ClFLiN4O6. The summed E-state index contributed by atoms with van der Waals surface area (Å²) in [7, 11) is 0. The fraction of sp³-hybridized carbons (Fsp3) is 0.406. The Morgan fingerprint density at radius 2 is 1.93 bits per heavy atom. The zero-order valence-electron chi connectivity index (χ0n) is 24.4. The molecule has 0 unspecified atom stereocenters. The van der Waals surface area contributed by atoms with Crippen LogP contribution in [0.15, 0.2) is 47.1 Å². The van der Waals surface area contributed by atoms with E-state index in [4.69, 9.17) is 35.2 Å². The Bertz CT molecular complexity index is 1730. The van der Waals surface area contributed by atoms with Crippen molar-refractivity contribution in [3.63, 3.8) is 0 Å². The van der Waals surface area contributed by atoms with E-state index < -0.39 is 17.6 Å². The van der Waals surface area contributed by atoms with Crippen LogP contribution < -0.4 is 9.47 Å². The van der Waals surface area contributed by atoms with Gasteiger partial charge in [0.05, 0.1) is 36.1 Å². The number of carboxylic acids is 1. The Morgan fingerprint density at radius 1 is 1.16 bits per heavy atom. The number of para-hydroxylation sites is 1. The van der Waals surface area contributed by atoms with Crippen molar-refractivity contribution in [1.29, 1.82) is 0 Å². The van der Waals surface area contributed by atoms with Crippen LogP contribution in [0.4, 0.5) is 4.39 Å². The van der Waals surface area contributed by atoms with Crippen LogP contribution in [0.1, 0.15) is 65.4 Å². The van der Waals surface area contributed by atoms with E-state index in [9.17, 15) is 14.3 Å². The van der Waals surface area contributed by atoms with Crippen LogP contribution in [0, 0.1) is 12.7 Å². The Hall–Kier alpha value is -3.33. The number of aromatic carboxylic acids is 1. The number of oxazole rings is 1. The first-order valence-electron chi connectivity index (χ1n) is 14.7. The molecule has 0 bridgehead atoms. The van der Waals surface area contributed by atoms with Gasteiger partial charge in [-0.1, -0.05) is 23.7 Å². The van der Waals surface area contributed by atoms with Crippen molar-refractivity contribution in [3.05, 3.63) is 82.0 Å². The molecule has 0 spiro atoms. The number of fused-ring (bicyclic) bond motifs is 1. The van der Waals surface area contributed by atoms with Crippen LogP contribution in [0.25, 0.3) is 11.4 Å². The van der Waals surface area contributed by atoms with Gasteiger partial charge in [0.25, 0.3) is 5.79 Å². The number of hydrogen-bond donors (Lipinski definition) is 1. The molecule has 2 aromatic carbocycles. The second-order valence-corrected chi connectivity index (χ2v) is 12.1. The van der Waals surface area contributed by atoms with Gasteiger partial charge in [-0.2, -0.15) is 0 Å². The van der Waals surface area contributed by atoms with Crippen LogP contribution in [0.3, 0.4) is 0 Å². The monoisotopic (exact) mass is 630 g/mol. The Kier molecular flexibility index (Phi) is 8.76. The molecule has 0 radical (unpaired) electrons. The molecule has 4 aromatic rings. The first kappa shape index (κ1) is 31.6. The van der Waals surface area contributed by atoms with Gasteiger partial charge in [0.1, 0.15) is 23.6 Å². The topological polar surface area (TPSA) is 112 Å². The molecule has 13 heteroatoms. The van der Waals surface area contributed by atoms with Gasteiger partial charge in [-0.3, -0.25) is 4.90 Å². The maximum atomic E-state index is 14.8. The van der Waals surface area contributed by atoms with Gasteiger partial charge in [0, 0.05) is 24.1 Å². The minimum atomic E-state index is -1.29. The normalized spacial score (nSPS) is 21.4. The van der Waals surface area contributed by atoms with Crippen LogP contribution >= 0.6 is 11.6 Å². The van der Waals surface area contributed by atoms with E-state index >= 15 is 0 Å². The summed E-state index contributed by atoms with van der Waals surface area (Å²) in [5.74, 6) is -0.953. The van der Waals surface area contributed by atoms with Crippen LogP contribution in [-0.4, -0.2) is 75.2 Å². The molecule has 2 atom stereocenters. The summed E-state index contributed by atoms with van der Waals surface area (Å²) in [5, 5.41) is 9.62. The third-order valence-electron chi connectivity index (χ3n) is 8.75. The zero-order valence-corrected chi connectivity index (χ0v) is 25.1. The molecule has 3 aliphatic rings. The standard InChI is InChI=1S/C32H32ClFN4O6.Li.H/c1-18-28(25-17-42-30(36-25)31(39)40)38(15-21-10-13-41-21)27(35-18)16-37-11-8-19(9-12-37)22-4-3-5-26-29(22)44-32(2,43-26)23-7-6-20(33)14-24(23)34;;/h3-7,14,17,19,21H,8-13,15-16H2,1-2H3,(H,39,40);;/t21-,32-;;/m0../s1. The number of aromatic nitrogens is 3. The fourth-order valence-electron chi connectivity index (χ4n) is 6.42. The second kappa shape index (κ2) is 12.5. The van der Waals surface area contributed by atoms with Crippen LogP contribution in [0.2, 0.25) is 5.02 Å². The summed E-state index contributed by atoms with van der Waals surface area (Å²) in [6, 6.07) is 10.4. The molecule has 10 nitrogen and oxygen atoms in total. The number of imidazole rings is 1. The second-order valence-electron chi connectivity index (χ2n) is 11.7. The average molecular weight is 631 g/mol. The van der Waals surface area contributed by atoms with Crippen molar-refractivity contribution in [3.8, 4) is 22.9 Å². The van der Waals surface area contributed by atoms with Crippen molar-refractivity contribution in [2.45, 2.75) is 64.0 Å². The number of hydrogen-bond acceptors (Lipinski definition) is 8. The first-order valence-corrected chi connectivity index (χ1v) is 15.1. The summed E-state index contributed by atoms with van der Waals surface area (Å²) >= 11 is 5.97. The number of carboxylic acid groups (broad SMARTS) is 1. The quantitative estimate of drug-likeness (QED) is 0.252. The number of likely N-dealkylation sites (tertiary alicyclic amines) is 1. The predicted octanol–water partition coefficient (Wildman–Crippen LogP) is 5.50. The zero-order chi connectivity index (χ0) is 30.6. The van der Waals surface area contributed by atoms with E-state index in [2.05, 4.69) is 20.5 Å². The number of ether oxygens (including phenoxy) is 3. The molecule has 0 amide bonds. The third kappa shape index (κ3) is 6.00. The van der Waals surface area contributed by atoms with Gasteiger partial charge in [0.15, 0.2) is 11.5 Å². The molecule has 3 aliphatic heterocycles. The number of rotatable bonds is 8. The van der Waals surface area contributed by atoms with Crippen molar-refractivity contribution in [2.24, 2.45) is 0 Å². The van der Waals surface area contributed by atoms with E-state index in [0.717, 1.165) is 61.7 Å². The van der Waals surface area contributed by atoms with Gasteiger partial charge in [0.2, 0.25) is 0 Å². The molecule has 0 aliphatic carbocycles. The molecule has 7 rings (SSSR count). The van der Waals surface area contributed by atoms with Gasteiger partial charge < -0.3 is 28.3 Å². The van der Waals surface area contributed by atoms with Gasteiger partial charge in [-0.25, -0.2) is 19.2 Å². The summed E-state index contributed by atoms with van der Waals surface area (Å²) < 4.78 is 40.4. The molecule has 2 aromatic heterocycles. The van der Waals surface area contributed by atoms with Crippen molar-refractivity contribution >= 4 is 36.4 Å². The number of aryl methyl sites for hydroxylation is 1. The summed E-state index contributed by atoms with van der Waals surface area (Å²) in [6.07, 6.45) is 4.20. The van der Waals surface area contributed by atoms with Gasteiger partial charge in [-0.15, -0.1) is 0 Å². The molecular weight excluding hydrogens is 598 g/mol. The van der Waals surface area contributed by atoms with Crippen molar-refractivity contribution in [2.75, 3.05) is 19.7 Å². The predicted molar refractivity (Wildman–Crippen MR) is 165 cm³/mol. The average Bonchev–Trinajstić information content (AvgIpc) is 3.66. The number of halogens is 2. The van der Waals surface area contributed by atoms with E-state index in [-0.39, 0.29) is 36.8 Å². The third-order valence-corrected chi connectivity index (χ3v) is 8.99. The fourth-order valence-corrected chi connectivity index (χ4v) is 6.58. The minimum absolute atomic E-state index is 0. The van der Waals surface area contributed by atoms with Gasteiger partial charge in [-0.05, 0) is 69.5 Å². The van der Waals surface area contributed by atoms with Crippen molar-refractivity contribution < 1.29 is 32.9 Å². The molecule has 232 valence electrons. The SMILES string of the molecule is Cc1nc(CN2CCC(c3cccc4c3O[C@@](C)(c3ccc(Cl)cc3F)O4)CC2)n(C[C@@H]2CCO2)c1-c1coc(C(=O)O)n1.[LiH]. The molecule has 5 heterocycles. The Labute approximate surface area is 276 Å².